The minimum atomic E-state index is 0.661. The second kappa shape index (κ2) is 6.36. The molecule has 0 atom stereocenters. The number of imidazole rings is 1. The predicted molar refractivity (Wildman–Crippen MR) is 91.9 cm³/mol. The standard InChI is InChI=1S/C18H23N5O/c1-12-19-15-4-3-14(9-16(15)20-12)11-18-21-17(22-24-18)10-13-5-7-23(2)8-6-13/h3-4,9,13H,5-8,10-11H2,1-2H3,(H,19,20). The van der Waals surface area contributed by atoms with E-state index in [-0.39, 0.29) is 0 Å². The first-order valence-corrected chi connectivity index (χ1v) is 8.61. The third-order valence-corrected chi connectivity index (χ3v) is 4.84. The summed E-state index contributed by atoms with van der Waals surface area (Å²) in [6.07, 6.45) is 4.02. The van der Waals surface area contributed by atoms with E-state index in [1.807, 2.05) is 13.0 Å². The molecule has 6 heteroatoms. The molecular weight excluding hydrogens is 302 g/mol. The topological polar surface area (TPSA) is 70.8 Å². The fourth-order valence-electron chi connectivity index (χ4n) is 3.44. The number of nitrogens with one attached hydrogen (secondary N) is 1. The Hall–Kier alpha value is -2.21. The molecule has 3 aromatic rings. The number of hydrogen-bond donors (Lipinski definition) is 1. The highest BCUT2D eigenvalue weighted by Crippen LogP contribution is 2.20. The van der Waals surface area contributed by atoms with Gasteiger partial charge in [0.2, 0.25) is 5.89 Å². The fraction of sp³-hybridized carbons (Fsp3) is 0.500. The maximum atomic E-state index is 5.45. The Morgan fingerprint density at radius 3 is 2.92 bits per heavy atom. The Bertz CT molecular complexity index is 829. The number of likely N-dealkylation sites (tertiary alicyclic amines) is 1. The number of benzene rings is 1. The molecule has 2 aromatic heterocycles. The van der Waals surface area contributed by atoms with Crippen LogP contribution in [-0.2, 0) is 12.8 Å². The molecular formula is C18H23N5O. The van der Waals surface area contributed by atoms with Crippen LogP contribution in [0.5, 0.6) is 0 Å². The number of rotatable bonds is 4. The van der Waals surface area contributed by atoms with Gasteiger partial charge in [0.15, 0.2) is 5.82 Å². The van der Waals surface area contributed by atoms with Gasteiger partial charge in [-0.2, -0.15) is 4.98 Å². The zero-order chi connectivity index (χ0) is 16.5. The highest BCUT2D eigenvalue weighted by molar-refractivity contribution is 5.75. The molecule has 0 saturated carbocycles. The van der Waals surface area contributed by atoms with Crippen LogP contribution in [0.2, 0.25) is 0 Å². The number of H-pyrrole nitrogens is 1. The normalized spacial score (nSPS) is 16.9. The summed E-state index contributed by atoms with van der Waals surface area (Å²) in [5.41, 5.74) is 3.20. The molecule has 1 aliphatic heterocycles. The number of aryl methyl sites for hydroxylation is 1. The van der Waals surface area contributed by atoms with Gasteiger partial charge in [0.05, 0.1) is 17.5 Å². The SMILES string of the molecule is Cc1nc2ccc(Cc3nc(CC4CCN(C)CC4)no3)cc2[nH]1. The Balaban J connectivity index is 1.42. The summed E-state index contributed by atoms with van der Waals surface area (Å²) in [6, 6.07) is 6.21. The van der Waals surface area contributed by atoms with Crippen molar-refractivity contribution < 1.29 is 4.52 Å². The summed E-state index contributed by atoms with van der Waals surface area (Å²) >= 11 is 0. The number of nitrogens with zero attached hydrogens (tertiary/aromatic N) is 4. The molecule has 1 saturated heterocycles. The summed E-state index contributed by atoms with van der Waals surface area (Å²) in [5, 5.41) is 4.17. The van der Waals surface area contributed by atoms with Crippen LogP contribution < -0.4 is 0 Å². The summed E-state index contributed by atoms with van der Waals surface area (Å²) < 4.78 is 5.45. The van der Waals surface area contributed by atoms with Crippen molar-refractivity contribution in [3.05, 3.63) is 41.3 Å². The van der Waals surface area contributed by atoms with Crippen LogP contribution in [0.3, 0.4) is 0 Å². The quantitative estimate of drug-likeness (QED) is 0.798. The highest BCUT2D eigenvalue weighted by Gasteiger charge is 2.19. The van der Waals surface area contributed by atoms with Crippen molar-refractivity contribution >= 4 is 11.0 Å². The summed E-state index contributed by atoms with van der Waals surface area (Å²) in [5.74, 6) is 3.14. The highest BCUT2D eigenvalue weighted by atomic mass is 16.5. The van der Waals surface area contributed by atoms with Crippen molar-refractivity contribution in [3.8, 4) is 0 Å². The molecule has 1 N–H and O–H groups in total. The van der Waals surface area contributed by atoms with Crippen LogP contribution in [0.25, 0.3) is 11.0 Å². The molecule has 0 bridgehead atoms. The third-order valence-electron chi connectivity index (χ3n) is 4.84. The maximum absolute atomic E-state index is 5.45. The van der Waals surface area contributed by atoms with E-state index < -0.39 is 0 Å². The molecule has 0 spiro atoms. The minimum absolute atomic E-state index is 0.661. The lowest BCUT2D eigenvalue weighted by Gasteiger charge is -2.27. The lowest BCUT2D eigenvalue weighted by molar-refractivity contribution is 0.216. The Labute approximate surface area is 141 Å². The predicted octanol–water partition coefficient (Wildman–Crippen LogP) is 2.73. The van der Waals surface area contributed by atoms with Gasteiger partial charge in [-0.1, -0.05) is 11.2 Å². The average Bonchev–Trinajstić information content (AvgIpc) is 3.14. The first-order chi connectivity index (χ1) is 11.7. The van der Waals surface area contributed by atoms with Gasteiger partial charge in [0.25, 0.3) is 0 Å². The second-order valence-electron chi connectivity index (χ2n) is 6.91. The van der Waals surface area contributed by atoms with E-state index in [1.165, 1.54) is 25.9 Å². The van der Waals surface area contributed by atoms with E-state index in [1.54, 1.807) is 0 Å². The van der Waals surface area contributed by atoms with Crippen LogP contribution >= 0.6 is 0 Å². The van der Waals surface area contributed by atoms with E-state index >= 15 is 0 Å². The molecule has 0 aliphatic carbocycles. The molecule has 24 heavy (non-hydrogen) atoms. The number of piperidine rings is 1. The van der Waals surface area contributed by atoms with Crippen LogP contribution in [-0.4, -0.2) is 45.1 Å². The number of aromatic amines is 1. The van der Waals surface area contributed by atoms with Crippen molar-refractivity contribution in [1.82, 2.24) is 25.0 Å². The van der Waals surface area contributed by atoms with Crippen molar-refractivity contribution in [2.75, 3.05) is 20.1 Å². The van der Waals surface area contributed by atoms with Gasteiger partial charge in [-0.3, -0.25) is 0 Å². The molecule has 0 amide bonds. The van der Waals surface area contributed by atoms with Crippen molar-refractivity contribution in [3.63, 3.8) is 0 Å². The zero-order valence-corrected chi connectivity index (χ0v) is 14.2. The first kappa shape index (κ1) is 15.3. The zero-order valence-electron chi connectivity index (χ0n) is 14.2. The number of aromatic nitrogens is 4. The molecule has 0 unspecified atom stereocenters. The van der Waals surface area contributed by atoms with E-state index in [0.717, 1.165) is 34.7 Å². The fourth-order valence-corrected chi connectivity index (χ4v) is 3.44. The average molecular weight is 325 g/mol. The number of fused-ring (bicyclic) bond motifs is 1. The minimum Gasteiger partial charge on any atom is -0.342 e. The molecule has 4 rings (SSSR count). The van der Waals surface area contributed by atoms with Gasteiger partial charge in [-0.05, 0) is 63.5 Å². The van der Waals surface area contributed by atoms with E-state index in [4.69, 9.17) is 4.52 Å². The van der Waals surface area contributed by atoms with E-state index in [0.29, 0.717) is 18.2 Å². The van der Waals surface area contributed by atoms with Gasteiger partial charge >= 0.3 is 0 Å². The number of hydrogen-bond acceptors (Lipinski definition) is 5. The van der Waals surface area contributed by atoms with Crippen LogP contribution in [0.1, 0.15) is 35.9 Å². The van der Waals surface area contributed by atoms with Crippen molar-refractivity contribution in [2.45, 2.75) is 32.6 Å². The first-order valence-electron chi connectivity index (χ1n) is 8.61. The van der Waals surface area contributed by atoms with E-state index in [2.05, 4.69) is 44.2 Å². The maximum Gasteiger partial charge on any atom is 0.231 e. The van der Waals surface area contributed by atoms with Crippen molar-refractivity contribution in [2.24, 2.45) is 5.92 Å². The Kier molecular flexibility index (Phi) is 4.06. The second-order valence-corrected chi connectivity index (χ2v) is 6.91. The van der Waals surface area contributed by atoms with Gasteiger partial charge < -0.3 is 14.4 Å². The van der Waals surface area contributed by atoms with Gasteiger partial charge in [0, 0.05) is 6.42 Å². The van der Waals surface area contributed by atoms with Gasteiger partial charge in [0.1, 0.15) is 5.82 Å². The largest absolute Gasteiger partial charge is 0.342 e. The van der Waals surface area contributed by atoms with E-state index in [9.17, 15) is 0 Å². The van der Waals surface area contributed by atoms with Crippen LogP contribution in [0, 0.1) is 12.8 Å². The molecule has 1 aliphatic rings. The van der Waals surface area contributed by atoms with Gasteiger partial charge in [-0.15, -0.1) is 0 Å². The molecule has 6 nitrogen and oxygen atoms in total. The van der Waals surface area contributed by atoms with Crippen LogP contribution in [0.4, 0.5) is 0 Å². The molecule has 126 valence electrons. The summed E-state index contributed by atoms with van der Waals surface area (Å²) in [4.78, 5) is 14.7. The Morgan fingerprint density at radius 1 is 1.25 bits per heavy atom. The van der Waals surface area contributed by atoms with Gasteiger partial charge in [-0.25, -0.2) is 4.98 Å². The van der Waals surface area contributed by atoms with Crippen molar-refractivity contribution in [1.29, 1.82) is 0 Å². The summed E-state index contributed by atoms with van der Waals surface area (Å²) in [6.45, 7) is 4.30. The molecule has 3 heterocycles. The monoisotopic (exact) mass is 325 g/mol. The molecule has 1 aromatic carbocycles. The third kappa shape index (κ3) is 3.33. The molecule has 0 radical (unpaired) electrons. The lowest BCUT2D eigenvalue weighted by Crippen LogP contribution is -2.31. The lowest BCUT2D eigenvalue weighted by atomic mass is 9.94. The smallest absolute Gasteiger partial charge is 0.231 e. The molecule has 1 fully saturated rings. The summed E-state index contributed by atoms with van der Waals surface area (Å²) in [7, 11) is 2.18. The van der Waals surface area contributed by atoms with Crippen LogP contribution in [0.15, 0.2) is 22.7 Å². The Morgan fingerprint density at radius 2 is 2.08 bits per heavy atom.